The Bertz CT molecular complexity index is 380. The lowest BCUT2D eigenvalue weighted by atomic mass is 10.2. The maximum atomic E-state index is 11.8. The molecule has 5 nitrogen and oxygen atoms in total. The molecule has 0 saturated heterocycles. The van der Waals surface area contributed by atoms with Gasteiger partial charge in [0.25, 0.3) is 5.91 Å². The number of rotatable bonds is 4. The second kappa shape index (κ2) is 5.67. The number of hydrogen-bond acceptors (Lipinski definition) is 4. The normalized spacial score (nSPS) is 12.2. The number of nitrogens with two attached hydrogens (primary N) is 1. The van der Waals surface area contributed by atoms with Crippen molar-refractivity contribution >= 4 is 23.2 Å². The van der Waals surface area contributed by atoms with Crippen molar-refractivity contribution in [3.05, 3.63) is 23.0 Å². The van der Waals surface area contributed by atoms with E-state index in [0.29, 0.717) is 6.42 Å². The zero-order chi connectivity index (χ0) is 12.1. The van der Waals surface area contributed by atoms with Gasteiger partial charge < -0.3 is 16.2 Å². The van der Waals surface area contributed by atoms with Gasteiger partial charge in [0.15, 0.2) is 0 Å². The minimum absolute atomic E-state index is 0.110. The van der Waals surface area contributed by atoms with Gasteiger partial charge in [-0.25, -0.2) is 4.98 Å². The van der Waals surface area contributed by atoms with Crippen LogP contribution in [0, 0.1) is 0 Å². The lowest BCUT2D eigenvalue weighted by Crippen LogP contribution is -2.37. The molecule has 16 heavy (non-hydrogen) atoms. The van der Waals surface area contributed by atoms with Gasteiger partial charge in [-0.2, -0.15) is 0 Å². The van der Waals surface area contributed by atoms with Crippen LogP contribution < -0.4 is 11.1 Å². The average molecular weight is 244 g/mol. The number of pyridine rings is 1. The van der Waals surface area contributed by atoms with Crippen LogP contribution >= 0.6 is 11.6 Å². The predicted molar refractivity (Wildman–Crippen MR) is 62.3 cm³/mol. The van der Waals surface area contributed by atoms with E-state index in [1.807, 2.05) is 6.92 Å². The van der Waals surface area contributed by atoms with Gasteiger partial charge in [-0.1, -0.05) is 18.5 Å². The number of nitrogens with zero attached hydrogens (tertiary/aromatic N) is 1. The molecule has 1 rings (SSSR count). The summed E-state index contributed by atoms with van der Waals surface area (Å²) in [5, 5.41) is 11.8. The second-order valence-electron chi connectivity index (χ2n) is 3.36. The molecule has 0 saturated carbocycles. The van der Waals surface area contributed by atoms with Gasteiger partial charge >= 0.3 is 0 Å². The number of aromatic nitrogens is 1. The first kappa shape index (κ1) is 12.7. The lowest BCUT2D eigenvalue weighted by Gasteiger charge is -2.14. The number of anilines is 1. The van der Waals surface area contributed by atoms with Crippen LogP contribution in [0.5, 0.6) is 0 Å². The van der Waals surface area contributed by atoms with Crippen molar-refractivity contribution < 1.29 is 9.90 Å². The number of carbonyl (C=O) groups is 1. The minimum atomic E-state index is -0.359. The van der Waals surface area contributed by atoms with Crippen LogP contribution in [0.1, 0.15) is 23.7 Å². The molecule has 1 aromatic heterocycles. The standard InChI is InChI=1S/C10H14ClN3O2/c1-2-6(5-15)14-10(16)7-3-9(11)13-4-8(7)12/h3-4,6,15H,2,5,12H2,1H3,(H,14,16). The Kier molecular flexibility index (Phi) is 4.52. The van der Waals surface area contributed by atoms with Crippen molar-refractivity contribution in [1.29, 1.82) is 0 Å². The third kappa shape index (κ3) is 3.08. The Morgan fingerprint density at radius 1 is 1.75 bits per heavy atom. The van der Waals surface area contributed by atoms with E-state index < -0.39 is 0 Å². The monoisotopic (exact) mass is 243 g/mol. The minimum Gasteiger partial charge on any atom is -0.397 e. The molecule has 0 radical (unpaired) electrons. The van der Waals surface area contributed by atoms with Crippen molar-refractivity contribution in [1.82, 2.24) is 10.3 Å². The summed E-state index contributed by atoms with van der Waals surface area (Å²) in [6.45, 7) is 1.75. The van der Waals surface area contributed by atoms with Crippen LogP contribution in [-0.2, 0) is 0 Å². The molecule has 0 bridgehead atoms. The topological polar surface area (TPSA) is 88.2 Å². The number of halogens is 1. The lowest BCUT2D eigenvalue weighted by molar-refractivity contribution is 0.0916. The van der Waals surface area contributed by atoms with Crippen LogP contribution in [0.4, 0.5) is 5.69 Å². The molecule has 0 aliphatic carbocycles. The van der Waals surface area contributed by atoms with Crippen molar-refractivity contribution in [3.8, 4) is 0 Å². The fourth-order valence-electron chi connectivity index (χ4n) is 1.18. The number of carbonyl (C=O) groups excluding carboxylic acids is 1. The molecule has 0 spiro atoms. The molecule has 0 fully saturated rings. The Labute approximate surface area is 98.6 Å². The van der Waals surface area contributed by atoms with E-state index in [4.69, 9.17) is 22.4 Å². The number of amides is 1. The van der Waals surface area contributed by atoms with Crippen molar-refractivity contribution in [2.45, 2.75) is 19.4 Å². The summed E-state index contributed by atoms with van der Waals surface area (Å²) >= 11 is 5.67. The molecular formula is C10H14ClN3O2. The van der Waals surface area contributed by atoms with Crippen LogP contribution in [0.25, 0.3) is 0 Å². The largest absolute Gasteiger partial charge is 0.397 e. The smallest absolute Gasteiger partial charge is 0.253 e. The summed E-state index contributed by atoms with van der Waals surface area (Å²) in [6.07, 6.45) is 1.97. The molecule has 0 aliphatic heterocycles. The maximum absolute atomic E-state index is 11.8. The fraction of sp³-hybridized carbons (Fsp3) is 0.400. The van der Waals surface area contributed by atoms with E-state index in [1.54, 1.807) is 0 Å². The highest BCUT2D eigenvalue weighted by atomic mass is 35.5. The zero-order valence-electron chi connectivity index (χ0n) is 8.90. The highest BCUT2D eigenvalue weighted by Gasteiger charge is 2.14. The molecule has 6 heteroatoms. The fourth-order valence-corrected chi connectivity index (χ4v) is 1.33. The molecule has 1 aromatic rings. The second-order valence-corrected chi connectivity index (χ2v) is 3.74. The first-order valence-electron chi connectivity index (χ1n) is 4.91. The van der Waals surface area contributed by atoms with Crippen LogP contribution in [0.2, 0.25) is 5.15 Å². The summed E-state index contributed by atoms with van der Waals surface area (Å²) in [6, 6.07) is 1.12. The van der Waals surface area contributed by atoms with Crippen LogP contribution in [0.15, 0.2) is 12.3 Å². The third-order valence-corrected chi connectivity index (χ3v) is 2.40. The van der Waals surface area contributed by atoms with Gasteiger partial charge in [0, 0.05) is 0 Å². The molecule has 0 aliphatic rings. The summed E-state index contributed by atoms with van der Waals surface area (Å²) < 4.78 is 0. The number of nitrogens with one attached hydrogen (secondary N) is 1. The van der Waals surface area contributed by atoms with Gasteiger partial charge in [-0.05, 0) is 12.5 Å². The van der Waals surface area contributed by atoms with Crippen LogP contribution in [0.3, 0.4) is 0 Å². The maximum Gasteiger partial charge on any atom is 0.253 e. The van der Waals surface area contributed by atoms with Crippen molar-refractivity contribution in [2.24, 2.45) is 0 Å². The van der Waals surface area contributed by atoms with E-state index in [-0.39, 0.29) is 35.0 Å². The van der Waals surface area contributed by atoms with Gasteiger partial charge in [0.2, 0.25) is 0 Å². The first-order valence-corrected chi connectivity index (χ1v) is 5.29. The molecule has 1 unspecified atom stereocenters. The zero-order valence-corrected chi connectivity index (χ0v) is 9.66. The number of aliphatic hydroxyl groups is 1. The molecule has 1 atom stereocenters. The summed E-state index contributed by atoms with van der Waals surface area (Å²) in [5.41, 5.74) is 6.13. The van der Waals surface area contributed by atoms with E-state index in [9.17, 15) is 4.79 Å². The Morgan fingerprint density at radius 3 is 3.00 bits per heavy atom. The molecular weight excluding hydrogens is 230 g/mol. The molecule has 88 valence electrons. The first-order chi connectivity index (χ1) is 7.58. The summed E-state index contributed by atoms with van der Waals surface area (Å²) in [5.74, 6) is -0.359. The Morgan fingerprint density at radius 2 is 2.44 bits per heavy atom. The highest BCUT2D eigenvalue weighted by molar-refractivity contribution is 6.29. The van der Waals surface area contributed by atoms with Gasteiger partial charge in [-0.3, -0.25) is 4.79 Å². The van der Waals surface area contributed by atoms with E-state index in [0.717, 1.165) is 0 Å². The molecule has 4 N–H and O–H groups in total. The number of nitrogen functional groups attached to an aromatic ring is 1. The van der Waals surface area contributed by atoms with E-state index in [1.165, 1.54) is 12.3 Å². The summed E-state index contributed by atoms with van der Waals surface area (Å²) in [7, 11) is 0. The molecule has 1 heterocycles. The van der Waals surface area contributed by atoms with Crippen LogP contribution in [-0.4, -0.2) is 28.6 Å². The van der Waals surface area contributed by atoms with Crippen molar-refractivity contribution in [3.63, 3.8) is 0 Å². The molecule has 1 amide bonds. The van der Waals surface area contributed by atoms with Gasteiger partial charge in [0.1, 0.15) is 5.15 Å². The van der Waals surface area contributed by atoms with Gasteiger partial charge in [0.05, 0.1) is 30.1 Å². The number of aliphatic hydroxyl groups excluding tert-OH is 1. The Hall–Kier alpha value is -1.33. The van der Waals surface area contributed by atoms with E-state index >= 15 is 0 Å². The van der Waals surface area contributed by atoms with Gasteiger partial charge in [-0.15, -0.1) is 0 Å². The van der Waals surface area contributed by atoms with E-state index in [2.05, 4.69) is 10.3 Å². The quantitative estimate of drug-likeness (QED) is 0.683. The number of hydrogen-bond donors (Lipinski definition) is 3. The van der Waals surface area contributed by atoms with Crippen molar-refractivity contribution in [2.75, 3.05) is 12.3 Å². The predicted octanol–water partition coefficient (Wildman–Crippen LogP) is 0.818. The highest BCUT2D eigenvalue weighted by Crippen LogP contribution is 2.14. The SMILES string of the molecule is CCC(CO)NC(=O)c1cc(Cl)ncc1N. The summed E-state index contributed by atoms with van der Waals surface area (Å²) in [4.78, 5) is 15.5. The third-order valence-electron chi connectivity index (χ3n) is 2.19. The molecule has 0 aromatic carbocycles. The average Bonchev–Trinajstić information content (AvgIpc) is 2.28. The Balaban J connectivity index is 2.83.